The zero-order valence-electron chi connectivity index (χ0n) is 23.2. The topological polar surface area (TPSA) is 0 Å². The Morgan fingerprint density at radius 3 is 1.38 bits per heavy atom. The maximum Gasteiger partial charge on any atom is -0.00928 e. The van der Waals surface area contributed by atoms with Crippen molar-refractivity contribution in [2.24, 2.45) is 0 Å². The monoisotopic (exact) mass is 532 g/mol. The van der Waals surface area contributed by atoms with E-state index in [1.54, 1.807) is 0 Å². The molecular weight excluding hydrogens is 504 g/mol. The number of benzene rings is 8. The van der Waals surface area contributed by atoms with Gasteiger partial charge in [0.05, 0.1) is 0 Å². The first-order valence-electron chi connectivity index (χ1n) is 14.5. The number of hydrogen-bond donors (Lipinski definition) is 0. The maximum atomic E-state index is 2.36. The van der Waals surface area contributed by atoms with E-state index in [0.29, 0.717) is 0 Å². The van der Waals surface area contributed by atoms with Crippen molar-refractivity contribution in [2.75, 3.05) is 0 Å². The van der Waals surface area contributed by atoms with Crippen molar-refractivity contribution in [2.45, 2.75) is 0 Å². The van der Waals surface area contributed by atoms with Crippen LogP contribution < -0.4 is 0 Å². The lowest BCUT2D eigenvalue weighted by molar-refractivity contribution is 1.59. The number of fused-ring (bicyclic) bond motifs is 4. The fraction of sp³-hybridized carbons (Fsp3) is 0. The Morgan fingerprint density at radius 2 is 0.667 bits per heavy atom. The number of hydrogen-bond acceptors (Lipinski definition) is 0. The van der Waals surface area contributed by atoms with Crippen molar-refractivity contribution < 1.29 is 0 Å². The molecule has 196 valence electrons. The molecular formula is C42H28. The van der Waals surface area contributed by atoms with Crippen LogP contribution in [0.1, 0.15) is 0 Å². The van der Waals surface area contributed by atoms with Crippen LogP contribution in [0.3, 0.4) is 0 Å². The van der Waals surface area contributed by atoms with Gasteiger partial charge in [-0.15, -0.1) is 0 Å². The highest BCUT2D eigenvalue weighted by atomic mass is 14.2. The minimum atomic E-state index is 1.23. The summed E-state index contributed by atoms with van der Waals surface area (Å²) in [4.78, 5) is 0. The Morgan fingerprint density at radius 1 is 0.214 bits per heavy atom. The smallest absolute Gasteiger partial charge is 0.00928 e. The Hall–Kier alpha value is -5.46. The molecule has 0 atom stereocenters. The van der Waals surface area contributed by atoms with Crippen LogP contribution in [0.25, 0.3) is 76.8 Å². The van der Waals surface area contributed by atoms with Crippen LogP contribution >= 0.6 is 0 Å². The molecule has 0 nitrogen and oxygen atoms in total. The van der Waals surface area contributed by atoms with Crippen LogP contribution in [-0.4, -0.2) is 0 Å². The van der Waals surface area contributed by atoms with Gasteiger partial charge in [0, 0.05) is 0 Å². The quantitative estimate of drug-likeness (QED) is 0.198. The van der Waals surface area contributed by atoms with E-state index in [1.165, 1.54) is 76.8 Å². The van der Waals surface area contributed by atoms with E-state index in [2.05, 4.69) is 170 Å². The summed E-state index contributed by atoms with van der Waals surface area (Å²) < 4.78 is 0. The van der Waals surface area contributed by atoms with Gasteiger partial charge in [-0.2, -0.15) is 0 Å². The maximum absolute atomic E-state index is 2.36. The lowest BCUT2D eigenvalue weighted by Gasteiger charge is -2.17. The first-order chi connectivity index (χ1) is 20.8. The third-order valence-corrected chi connectivity index (χ3v) is 8.50. The summed E-state index contributed by atoms with van der Waals surface area (Å²) >= 11 is 0. The van der Waals surface area contributed by atoms with Gasteiger partial charge in [-0.05, 0) is 82.9 Å². The van der Waals surface area contributed by atoms with Crippen LogP contribution in [-0.2, 0) is 0 Å². The number of rotatable bonds is 4. The van der Waals surface area contributed by atoms with Gasteiger partial charge < -0.3 is 0 Å². The molecule has 0 aromatic heterocycles. The summed E-state index contributed by atoms with van der Waals surface area (Å²) in [7, 11) is 0. The van der Waals surface area contributed by atoms with Gasteiger partial charge in [-0.25, -0.2) is 0 Å². The summed E-state index contributed by atoms with van der Waals surface area (Å²) in [5.74, 6) is 0. The Labute approximate surface area is 246 Å². The third kappa shape index (κ3) is 4.08. The van der Waals surface area contributed by atoms with Gasteiger partial charge in [0.15, 0.2) is 0 Å². The van der Waals surface area contributed by atoms with E-state index in [0.717, 1.165) is 0 Å². The van der Waals surface area contributed by atoms with Crippen molar-refractivity contribution in [1.82, 2.24) is 0 Å². The fourth-order valence-electron chi connectivity index (χ4n) is 6.49. The molecule has 8 aromatic rings. The second kappa shape index (κ2) is 10.2. The summed E-state index contributed by atoms with van der Waals surface area (Å²) in [6.45, 7) is 0. The minimum absolute atomic E-state index is 1.23. The normalized spacial score (nSPS) is 11.3. The first kappa shape index (κ1) is 24.3. The minimum Gasteiger partial charge on any atom is -0.0622 e. The van der Waals surface area contributed by atoms with Gasteiger partial charge in [-0.1, -0.05) is 164 Å². The van der Waals surface area contributed by atoms with Crippen molar-refractivity contribution >= 4 is 32.3 Å². The summed E-state index contributed by atoms with van der Waals surface area (Å²) in [6, 6.07) is 61.7. The standard InChI is InChI=1S/C42H28/c1-2-12-29(13-3-1)30-22-24-31(25-23-30)34-26-27-41(37-18-8-6-17-36(34)37)38-19-9-11-21-40(38)42-28-32-14-4-5-15-33(32)35-16-7-10-20-39(35)42/h1-28H. The average Bonchev–Trinajstić information content (AvgIpc) is 3.08. The van der Waals surface area contributed by atoms with Crippen molar-refractivity contribution in [3.63, 3.8) is 0 Å². The van der Waals surface area contributed by atoms with Gasteiger partial charge in [-0.3, -0.25) is 0 Å². The highest BCUT2D eigenvalue weighted by Gasteiger charge is 2.16. The van der Waals surface area contributed by atoms with Gasteiger partial charge in [0.2, 0.25) is 0 Å². The van der Waals surface area contributed by atoms with Crippen LogP contribution in [0.5, 0.6) is 0 Å². The summed E-state index contributed by atoms with van der Waals surface area (Å²) in [5.41, 5.74) is 9.98. The van der Waals surface area contributed by atoms with Crippen LogP contribution in [0.2, 0.25) is 0 Å². The molecule has 0 N–H and O–H groups in total. The van der Waals surface area contributed by atoms with Crippen molar-refractivity contribution in [1.29, 1.82) is 0 Å². The molecule has 8 aromatic carbocycles. The Kier molecular flexibility index (Phi) is 5.90. The molecule has 8 rings (SSSR count). The summed E-state index contributed by atoms with van der Waals surface area (Å²) in [6.07, 6.45) is 0. The van der Waals surface area contributed by atoms with Crippen LogP contribution in [0.4, 0.5) is 0 Å². The molecule has 0 saturated carbocycles. The fourth-order valence-corrected chi connectivity index (χ4v) is 6.49. The predicted molar refractivity (Wildman–Crippen MR) is 181 cm³/mol. The molecule has 0 heteroatoms. The highest BCUT2D eigenvalue weighted by molar-refractivity contribution is 6.16. The van der Waals surface area contributed by atoms with Gasteiger partial charge >= 0.3 is 0 Å². The second-order valence-electron chi connectivity index (χ2n) is 10.9. The first-order valence-corrected chi connectivity index (χ1v) is 14.5. The van der Waals surface area contributed by atoms with Crippen molar-refractivity contribution in [3.05, 3.63) is 170 Å². The van der Waals surface area contributed by atoms with E-state index in [1.807, 2.05) is 0 Å². The zero-order chi connectivity index (χ0) is 27.9. The molecule has 0 aliphatic rings. The molecule has 0 radical (unpaired) electrons. The molecule has 0 aliphatic heterocycles. The van der Waals surface area contributed by atoms with Crippen LogP contribution in [0, 0.1) is 0 Å². The SMILES string of the molecule is c1ccc(-c2ccc(-c3ccc(-c4ccccc4-c4cc5ccccc5c5ccccc45)c4ccccc34)cc2)cc1. The molecule has 0 saturated heterocycles. The van der Waals surface area contributed by atoms with E-state index in [4.69, 9.17) is 0 Å². The van der Waals surface area contributed by atoms with Crippen LogP contribution in [0.15, 0.2) is 170 Å². The lowest BCUT2D eigenvalue weighted by atomic mass is 9.86. The van der Waals surface area contributed by atoms with Gasteiger partial charge in [0.1, 0.15) is 0 Å². The van der Waals surface area contributed by atoms with Gasteiger partial charge in [0.25, 0.3) is 0 Å². The molecule has 0 bridgehead atoms. The Bertz CT molecular complexity index is 2220. The molecule has 0 spiro atoms. The Balaban J connectivity index is 1.31. The molecule has 0 fully saturated rings. The predicted octanol–water partition coefficient (Wildman–Crippen LogP) is 11.8. The van der Waals surface area contributed by atoms with E-state index >= 15 is 0 Å². The lowest BCUT2D eigenvalue weighted by Crippen LogP contribution is -1.91. The second-order valence-corrected chi connectivity index (χ2v) is 10.9. The third-order valence-electron chi connectivity index (χ3n) is 8.50. The molecule has 0 amide bonds. The summed E-state index contributed by atoms with van der Waals surface area (Å²) in [5, 5.41) is 7.66. The van der Waals surface area contributed by atoms with Crippen molar-refractivity contribution in [3.8, 4) is 44.5 Å². The highest BCUT2D eigenvalue weighted by Crippen LogP contribution is 2.43. The molecule has 0 heterocycles. The molecule has 42 heavy (non-hydrogen) atoms. The van der Waals surface area contributed by atoms with E-state index in [9.17, 15) is 0 Å². The largest absolute Gasteiger partial charge is 0.0622 e. The average molecular weight is 533 g/mol. The zero-order valence-corrected chi connectivity index (χ0v) is 23.2. The molecule has 0 aliphatic carbocycles. The molecule has 0 unspecified atom stereocenters. The van der Waals surface area contributed by atoms with E-state index in [-0.39, 0.29) is 0 Å². The van der Waals surface area contributed by atoms with E-state index < -0.39 is 0 Å².